The number of hydrogen-bond acceptors (Lipinski definition) is 5. The minimum Gasteiger partial charge on any atom is -0.354 e. The Labute approximate surface area is 143 Å². The second kappa shape index (κ2) is 6.89. The van der Waals surface area contributed by atoms with E-state index in [4.69, 9.17) is 0 Å². The van der Waals surface area contributed by atoms with Crippen LogP contribution in [0.3, 0.4) is 0 Å². The highest BCUT2D eigenvalue weighted by molar-refractivity contribution is 5.22. The van der Waals surface area contributed by atoms with Crippen molar-refractivity contribution >= 4 is 5.95 Å². The van der Waals surface area contributed by atoms with E-state index >= 15 is 0 Å². The summed E-state index contributed by atoms with van der Waals surface area (Å²) in [7, 11) is 1.99. The van der Waals surface area contributed by atoms with E-state index < -0.39 is 0 Å². The molecule has 6 nitrogen and oxygen atoms in total. The topological polar surface area (TPSA) is 58.9 Å². The van der Waals surface area contributed by atoms with Crippen LogP contribution in [0.15, 0.2) is 30.9 Å². The Morgan fingerprint density at radius 2 is 2.08 bits per heavy atom. The molecule has 0 bridgehead atoms. The van der Waals surface area contributed by atoms with Crippen molar-refractivity contribution in [2.75, 3.05) is 25.0 Å². The third-order valence-electron chi connectivity index (χ3n) is 5.58. The van der Waals surface area contributed by atoms with Gasteiger partial charge in [-0.25, -0.2) is 9.97 Å². The first-order valence-corrected chi connectivity index (χ1v) is 8.98. The molecule has 2 fully saturated rings. The molecule has 0 unspecified atom stereocenters. The molecule has 128 valence electrons. The van der Waals surface area contributed by atoms with Crippen LogP contribution in [0.2, 0.25) is 0 Å². The Balaban J connectivity index is 1.35. The first-order valence-electron chi connectivity index (χ1n) is 8.98. The minimum absolute atomic E-state index is 0.728. The summed E-state index contributed by atoms with van der Waals surface area (Å²) in [5.41, 5.74) is 1.32. The second-order valence-corrected chi connectivity index (χ2v) is 7.28. The van der Waals surface area contributed by atoms with Gasteiger partial charge in [0.2, 0.25) is 5.95 Å². The third kappa shape index (κ3) is 3.43. The maximum absolute atomic E-state index is 4.29. The lowest BCUT2D eigenvalue weighted by Gasteiger charge is -2.33. The van der Waals surface area contributed by atoms with Crippen molar-refractivity contribution in [3.8, 4) is 0 Å². The molecule has 1 saturated heterocycles. The molecule has 0 spiro atoms. The first-order chi connectivity index (χ1) is 11.8. The number of fused-ring (bicyclic) bond motifs is 1. The first kappa shape index (κ1) is 15.6. The molecule has 2 aromatic rings. The highest BCUT2D eigenvalue weighted by Crippen LogP contribution is 2.40. The van der Waals surface area contributed by atoms with Gasteiger partial charge in [0.1, 0.15) is 0 Å². The van der Waals surface area contributed by atoms with Gasteiger partial charge in [-0.05, 0) is 36.7 Å². The lowest BCUT2D eigenvalue weighted by atomic mass is 9.74. The monoisotopic (exact) mass is 326 g/mol. The molecule has 3 atom stereocenters. The summed E-state index contributed by atoms with van der Waals surface area (Å²) in [6.45, 7) is 4.47. The Morgan fingerprint density at radius 3 is 2.88 bits per heavy atom. The van der Waals surface area contributed by atoms with Crippen LogP contribution < -0.4 is 5.32 Å². The number of nitrogens with zero attached hydrogens (tertiary/aromatic N) is 5. The van der Waals surface area contributed by atoms with Crippen LogP contribution in [0.5, 0.6) is 0 Å². The molecule has 0 radical (unpaired) electrons. The quantitative estimate of drug-likeness (QED) is 0.912. The van der Waals surface area contributed by atoms with Crippen molar-refractivity contribution in [2.45, 2.75) is 25.8 Å². The van der Waals surface area contributed by atoms with Crippen LogP contribution >= 0.6 is 0 Å². The summed E-state index contributed by atoms with van der Waals surface area (Å²) in [5, 5.41) is 7.73. The molecule has 4 rings (SSSR count). The molecule has 1 aliphatic heterocycles. The molecule has 1 saturated carbocycles. The van der Waals surface area contributed by atoms with E-state index in [1.807, 2.05) is 24.0 Å². The highest BCUT2D eigenvalue weighted by atomic mass is 15.2. The summed E-state index contributed by atoms with van der Waals surface area (Å²) in [5.74, 6) is 3.13. The molecular weight excluding hydrogens is 300 g/mol. The van der Waals surface area contributed by atoms with E-state index in [-0.39, 0.29) is 0 Å². The average Bonchev–Trinajstić information content (AvgIpc) is 3.20. The van der Waals surface area contributed by atoms with Crippen LogP contribution in [-0.4, -0.2) is 44.3 Å². The van der Waals surface area contributed by atoms with Crippen LogP contribution in [0.1, 0.15) is 24.8 Å². The number of anilines is 1. The largest absolute Gasteiger partial charge is 0.354 e. The van der Waals surface area contributed by atoms with Gasteiger partial charge in [0.05, 0.1) is 6.20 Å². The Morgan fingerprint density at radius 1 is 1.21 bits per heavy atom. The fraction of sp³-hybridized carbons (Fsp3) is 0.611. The number of hydrogen-bond donors (Lipinski definition) is 1. The fourth-order valence-electron chi connectivity index (χ4n) is 4.49. The van der Waals surface area contributed by atoms with E-state index in [1.54, 1.807) is 12.4 Å². The van der Waals surface area contributed by atoms with E-state index in [9.17, 15) is 0 Å². The molecule has 1 aliphatic carbocycles. The zero-order valence-corrected chi connectivity index (χ0v) is 14.3. The summed E-state index contributed by atoms with van der Waals surface area (Å²) >= 11 is 0. The summed E-state index contributed by atoms with van der Waals surface area (Å²) in [6.07, 6.45) is 11.8. The van der Waals surface area contributed by atoms with Gasteiger partial charge in [-0.15, -0.1) is 0 Å². The van der Waals surface area contributed by atoms with Gasteiger partial charge in [-0.1, -0.05) is 6.42 Å². The molecule has 3 heterocycles. The summed E-state index contributed by atoms with van der Waals surface area (Å²) < 4.78 is 1.89. The van der Waals surface area contributed by atoms with Gasteiger partial charge in [0.25, 0.3) is 0 Å². The van der Waals surface area contributed by atoms with E-state index in [1.165, 1.54) is 37.9 Å². The van der Waals surface area contributed by atoms with Crippen molar-refractivity contribution in [3.63, 3.8) is 0 Å². The van der Waals surface area contributed by atoms with Crippen LogP contribution in [0, 0.1) is 17.8 Å². The van der Waals surface area contributed by atoms with Crippen molar-refractivity contribution in [2.24, 2.45) is 24.8 Å². The van der Waals surface area contributed by atoms with Gasteiger partial charge < -0.3 is 5.32 Å². The smallest absolute Gasteiger partial charge is 0.222 e. The highest BCUT2D eigenvalue weighted by Gasteiger charge is 2.39. The predicted octanol–water partition coefficient (Wildman–Crippen LogP) is 2.17. The van der Waals surface area contributed by atoms with Crippen molar-refractivity contribution in [1.29, 1.82) is 0 Å². The fourth-order valence-corrected chi connectivity index (χ4v) is 4.49. The van der Waals surface area contributed by atoms with Gasteiger partial charge >= 0.3 is 0 Å². The van der Waals surface area contributed by atoms with Crippen molar-refractivity contribution in [3.05, 3.63) is 36.4 Å². The van der Waals surface area contributed by atoms with E-state index in [2.05, 4.69) is 31.5 Å². The molecule has 24 heavy (non-hydrogen) atoms. The maximum Gasteiger partial charge on any atom is 0.222 e. The number of nitrogens with one attached hydrogen (secondary N) is 1. The van der Waals surface area contributed by atoms with Gasteiger partial charge in [0, 0.05) is 57.4 Å². The predicted molar refractivity (Wildman–Crippen MR) is 93.3 cm³/mol. The Hall–Kier alpha value is -1.95. The van der Waals surface area contributed by atoms with E-state index in [0.29, 0.717) is 0 Å². The molecule has 6 heteroatoms. The van der Waals surface area contributed by atoms with Gasteiger partial charge in [-0.3, -0.25) is 9.58 Å². The number of aryl methyl sites for hydroxylation is 1. The maximum atomic E-state index is 4.29. The SMILES string of the molecule is Cn1cc(CN2C[C@@H]3CCC[C@H](CNc4ncccn4)[C@@H]3C2)cn1. The Bertz CT molecular complexity index is 655. The summed E-state index contributed by atoms with van der Waals surface area (Å²) in [4.78, 5) is 11.2. The molecule has 2 aromatic heterocycles. The lowest BCUT2D eigenvalue weighted by Crippen LogP contribution is -2.32. The molecule has 0 aromatic carbocycles. The van der Waals surface area contributed by atoms with E-state index in [0.717, 1.165) is 36.8 Å². The second-order valence-electron chi connectivity index (χ2n) is 7.28. The van der Waals surface area contributed by atoms with Crippen LogP contribution in [0.25, 0.3) is 0 Å². The zero-order valence-electron chi connectivity index (χ0n) is 14.3. The number of likely N-dealkylation sites (tertiary alicyclic amines) is 1. The van der Waals surface area contributed by atoms with Crippen molar-refractivity contribution in [1.82, 2.24) is 24.6 Å². The molecule has 1 N–H and O–H groups in total. The molecular formula is C18H26N6. The number of rotatable bonds is 5. The zero-order chi connectivity index (χ0) is 16.4. The number of aromatic nitrogens is 4. The van der Waals surface area contributed by atoms with Gasteiger partial charge in [0.15, 0.2) is 0 Å². The lowest BCUT2D eigenvalue weighted by molar-refractivity contribution is 0.207. The van der Waals surface area contributed by atoms with Gasteiger partial charge in [-0.2, -0.15) is 5.10 Å². The minimum atomic E-state index is 0.728. The van der Waals surface area contributed by atoms with Crippen LogP contribution in [-0.2, 0) is 13.6 Å². The standard InChI is InChI=1S/C18H26N6/c1-23-10-14(8-22-23)11-24-12-16-5-2-4-15(17(16)13-24)9-21-18-19-6-3-7-20-18/h3,6-8,10,15-17H,2,4-5,9,11-13H2,1H3,(H,19,20,21)/t15-,16+,17+/m1/s1. The third-order valence-corrected chi connectivity index (χ3v) is 5.58. The molecule has 0 amide bonds. The average molecular weight is 326 g/mol. The van der Waals surface area contributed by atoms with Crippen LogP contribution in [0.4, 0.5) is 5.95 Å². The summed E-state index contributed by atoms with van der Waals surface area (Å²) in [6, 6.07) is 1.86. The van der Waals surface area contributed by atoms with Crippen molar-refractivity contribution < 1.29 is 0 Å². The normalized spacial score (nSPS) is 27.1. The molecule has 2 aliphatic rings. The Kier molecular flexibility index (Phi) is 4.47.